The Bertz CT molecular complexity index is 388. The lowest BCUT2D eigenvalue weighted by atomic mass is 10.2. The maximum absolute atomic E-state index is 13.5. The van der Waals surface area contributed by atoms with Crippen LogP contribution >= 0.6 is 0 Å². The van der Waals surface area contributed by atoms with E-state index in [-0.39, 0.29) is 0 Å². The Morgan fingerprint density at radius 1 is 0.812 bits per heavy atom. The van der Waals surface area contributed by atoms with Crippen LogP contribution in [-0.2, 0) is 60.5 Å². The molecule has 0 bridgehead atoms. The van der Waals surface area contributed by atoms with E-state index in [2.05, 4.69) is 9.44 Å². The van der Waals surface area contributed by atoms with Gasteiger partial charge in [-0.1, -0.05) is 0 Å². The Morgan fingerprint density at radius 3 is 1.44 bits per heavy atom. The Labute approximate surface area is 109 Å². The summed E-state index contributed by atoms with van der Waals surface area (Å²) in [6, 6.07) is 0. The Kier molecular flexibility index (Phi) is 3.91. The normalized spacial score (nSPS) is 20.2. The fraction of sp³-hybridized carbons (Fsp3) is 0.500. The van der Waals surface area contributed by atoms with Crippen molar-refractivity contribution < 1.29 is 17.6 Å². The molecule has 2 nitrogen and oxygen atoms in total. The van der Waals surface area contributed by atoms with Gasteiger partial charge in [-0.2, -0.15) is 17.6 Å². The number of halogens is 4. The van der Waals surface area contributed by atoms with Gasteiger partial charge in [0.15, 0.2) is 0 Å². The van der Waals surface area contributed by atoms with Gasteiger partial charge in [-0.3, -0.25) is 9.44 Å². The van der Waals surface area contributed by atoms with E-state index in [9.17, 15) is 17.6 Å². The van der Waals surface area contributed by atoms with Gasteiger partial charge in [0.25, 0.3) is 0 Å². The molecule has 0 aromatic heterocycles. The standard InChI is InChI=1S/C4F4N2S6/c5-3(6,1-9-13-15-11-1)4(7,8)2-10-14-16-12-2/q+2. The van der Waals surface area contributed by atoms with Gasteiger partial charge in [-0.15, -0.1) is 0 Å². The Morgan fingerprint density at radius 2 is 1.19 bits per heavy atom. The SMILES string of the molecule is FC(F)(C1=[S+][S]=[S+][N-]1)C(F)(F)C1=[S+][S]=[S+][N-]1. The van der Waals surface area contributed by atoms with Crippen molar-refractivity contribution in [2.75, 3.05) is 0 Å². The van der Waals surface area contributed by atoms with E-state index in [0.717, 1.165) is 39.7 Å². The summed E-state index contributed by atoms with van der Waals surface area (Å²) in [6.45, 7) is 0. The summed E-state index contributed by atoms with van der Waals surface area (Å²) in [5.74, 6) is -8.60. The van der Waals surface area contributed by atoms with Crippen molar-refractivity contribution in [3.05, 3.63) is 9.44 Å². The molecule has 0 aromatic carbocycles. The largest absolute Gasteiger partial charge is 0.435 e. The monoisotopic (exact) mass is 344 g/mol. The summed E-state index contributed by atoms with van der Waals surface area (Å²) < 4.78 is 60.7. The molecule has 0 fully saturated rings. The zero-order valence-corrected chi connectivity index (χ0v) is 11.8. The lowest BCUT2D eigenvalue weighted by molar-refractivity contribution is -0.114. The van der Waals surface area contributed by atoms with Crippen molar-refractivity contribution in [2.45, 2.75) is 11.8 Å². The highest BCUT2D eigenvalue weighted by atomic mass is 33.3. The van der Waals surface area contributed by atoms with E-state index in [1.807, 2.05) is 0 Å². The zero-order valence-electron chi connectivity index (χ0n) is 6.86. The van der Waals surface area contributed by atoms with E-state index >= 15 is 0 Å². The molecule has 0 amide bonds. The maximum Gasteiger partial charge on any atom is 0.435 e. The van der Waals surface area contributed by atoms with Crippen molar-refractivity contribution in [3.8, 4) is 0 Å². The van der Waals surface area contributed by atoms with Crippen LogP contribution in [0.2, 0.25) is 0 Å². The first-order valence-electron chi connectivity index (χ1n) is 3.39. The number of hydrogen-bond donors (Lipinski definition) is 0. The molecule has 2 rings (SSSR count). The van der Waals surface area contributed by atoms with Gasteiger partial charge in [-0.05, 0) is 0 Å². The number of rotatable bonds is 3. The smallest absolute Gasteiger partial charge is 0.252 e. The number of alkyl halides is 4. The minimum Gasteiger partial charge on any atom is -0.252 e. The molecule has 0 aliphatic carbocycles. The van der Waals surface area contributed by atoms with Gasteiger partial charge in [0.1, 0.15) is 0 Å². The van der Waals surface area contributed by atoms with Crippen LogP contribution in [0.1, 0.15) is 0 Å². The molecule has 16 heavy (non-hydrogen) atoms. The van der Waals surface area contributed by atoms with Crippen LogP contribution < -0.4 is 0 Å². The van der Waals surface area contributed by atoms with Gasteiger partial charge in [-0.25, -0.2) is 0 Å². The first-order chi connectivity index (χ1) is 7.46. The van der Waals surface area contributed by atoms with Crippen LogP contribution in [-0.4, -0.2) is 21.8 Å². The Balaban J connectivity index is 2.28. The predicted octanol–water partition coefficient (Wildman–Crippen LogP) is 1.28. The minimum atomic E-state index is -4.30. The second kappa shape index (κ2) is 4.76. The third-order valence-corrected chi connectivity index (χ3v) is 7.96. The van der Waals surface area contributed by atoms with Crippen molar-refractivity contribution in [2.24, 2.45) is 0 Å². The van der Waals surface area contributed by atoms with Gasteiger partial charge >= 0.3 is 51.3 Å². The third kappa shape index (κ3) is 2.16. The van der Waals surface area contributed by atoms with Crippen molar-refractivity contribution in [3.63, 3.8) is 0 Å². The summed E-state index contributed by atoms with van der Waals surface area (Å²) in [4.78, 5) is -1.73. The number of nitrogens with zero attached hydrogens (tertiary/aromatic N) is 2. The molecular weight excluding hydrogens is 344 g/mol. The lowest BCUT2D eigenvalue weighted by Crippen LogP contribution is -2.51. The molecule has 2 aliphatic heterocycles. The molecule has 0 N–H and O–H groups in total. The average molecular weight is 344 g/mol. The van der Waals surface area contributed by atoms with Gasteiger partial charge in [0, 0.05) is 0 Å². The molecule has 0 atom stereocenters. The molecule has 0 aromatic rings. The molecule has 2 aliphatic rings. The topological polar surface area (TPSA) is 28.2 Å². The fourth-order valence-corrected chi connectivity index (χ4v) is 7.17. The maximum atomic E-state index is 13.5. The van der Waals surface area contributed by atoms with Crippen LogP contribution in [0.25, 0.3) is 9.44 Å². The number of hydrogen-bond acceptors (Lipinski definition) is 0. The first kappa shape index (κ1) is 13.1. The first-order valence-corrected chi connectivity index (χ1v) is 10.3. The van der Waals surface area contributed by atoms with Crippen LogP contribution in [0.5, 0.6) is 0 Å². The molecule has 88 valence electrons. The van der Waals surface area contributed by atoms with Crippen molar-refractivity contribution in [1.29, 1.82) is 0 Å². The molecule has 12 heteroatoms. The zero-order chi connectivity index (χ0) is 11.8. The quantitative estimate of drug-likeness (QED) is 0.243. The molecule has 2 heterocycles. The molecule has 0 saturated carbocycles. The summed E-state index contributed by atoms with van der Waals surface area (Å²) in [5, 5.41) is 0. The van der Waals surface area contributed by atoms with Crippen LogP contribution in [0.3, 0.4) is 0 Å². The predicted molar refractivity (Wildman–Crippen MR) is 70.8 cm³/mol. The van der Waals surface area contributed by atoms with Gasteiger partial charge in [0.2, 0.25) is 31.0 Å². The highest BCUT2D eigenvalue weighted by molar-refractivity contribution is 8.70. The van der Waals surface area contributed by atoms with Crippen molar-refractivity contribution in [1.82, 2.24) is 0 Å². The highest BCUT2D eigenvalue weighted by Gasteiger charge is 2.67. The molecular formula is C4F4N2S6+2. The Hall–Kier alpha value is 0.700. The highest BCUT2D eigenvalue weighted by Crippen LogP contribution is 2.40. The second-order valence-corrected chi connectivity index (χ2v) is 9.60. The van der Waals surface area contributed by atoms with E-state index in [4.69, 9.17) is 0 Å². The average Bonchev–Trinajstić information content (AvgIpc) is 2.91. The third-order valence-electron chi connectivity index (χ3n) is 1.46. The summed E-state index contributed by atoms with van der Waals surface area (Å²) >= 11 is 0. The lowest BCUT2D eigenvalue weighted by Gasteiger charge is -2.22. The molecule has 0 saturated heterocycles. The van der Waals surface area contributed by atoms with E-state index < -0.39 is 21.8 Å². The molecule has 0 spiro atoms. The fourth-order valence-electron chi connectivity index (χ4n) is 0.711. The van der Waals surface area contributed by atoms with Crippen LogP contribution in [0.4, 0.5) is 17.6 Å². The molecule has 0 unspecified atom stereocenters. The van der Waals surface area contributed by atoms with E-state index in [1.165, 1.54) is 0 Å². The molecule has 2 radical (unpaired) electrons. The van der Waals surface area contributed by atoms with Crippen LogP contribution in [0, 0.1) is 0 Å². The van der Waals surface area contributed by atoms with Gasteiger partial charge < -0.3 is 0 Å². The summed E-state index contributed by atoms with van der Waals surface area (Å²) in [7, 11) is 4.50. The summed E-state index contributed by atoms with van der Waals surface area (Å²) in [5.41, 5.74) is 0. The second-order valence-electron chi connectivity index (χ2n) is 2.39. The van der Waals surface area contributed by atoms with E-state index in [1.54, 1.807) is 0 Å². The van der Waals surface area contributed by atoms with Gasteiger partial charge in [0.05, 0.1) is 0 Å². The minimum absolute atomic E-state index is 0.557. The van der Waals surface area contributed by atoms with Crippen LogP contribution in [0.15, 0.2) is 0 Å². The van der Waals surface area contributed by atoms with Crippen molar-refractivity contribution >= 4 is 70.5 Å². The van der Waals surface area contributed by atoms with E-state index in [0.29, 0.717) is 20.8 Å². The summed E-state index contributed by atoms with van der Waals surface area (Å²) in [6.07, 6.45) is 0.